The molecule has 1 saturated carbocycles. The second kappa shape index (κ2) is 6.47. The van der Waals surface area contributed by atoms with Gasteiger partial charge in [-0.25, -0.2) is 4.79 Å². The zero-order valence-electron chi connectivity index (χ0n) is 15.0. The first-order chi connectivity index (χ1) is 12.1. The predicted octanol–water partition coefficient (Wildman–Crippen LogP) is 4.37. The van der Waals surface area contributed by atoms with Crippen molar-refractivity contribution in [3.05, 3.63) is 34.9 Å². The average Bonchev–Trinajstić information content (AvgIpc) is 3.20. The largest absolute Gasteiger partial charge is 0.447 e. The minimum atomic E-state index is -0.283. The Morgan fingerprint density at radius 1 is 1.28 bits per heavy atom. The topological polar surface area (TPSA) is 55.4 Å². The van der Waals surface area contributed by atoms with Crippen molar-refractivity contribution in [3.8, 4) is 0 Å². The van der Waals surface area contributed by atoms with Gasteiger partial charge in [-0.05, 0) is 55.6 Å². The Balaban J connectivity index is 1.49. The van der Waals surface area contributed by atoms with E-state index < -0.39 is 0 Å². The van der Waals surface area contributed by atoms with Crippen LogP contribution in [0.15, 0.2) is 18.2 Å². The van der Waals surface area contributed by atoms with Crippen LogP contribution >= 0.6 is 0 Å². The van der Waals surface area contributed by atoms with Crippen molar-refractivity contribution in [1.29, 1.82) is 0 Å². The molecule has 0 bridgehead atoms. The quantitative estimate of drug-likeness (QED) is 0.885. The van der Waals surface area contributed by atoms with Crippen molar-refractivity contribution in [2.24, 2.45) is 5.92 Å². The Morgan fingerprint density at radius 2 is 2.16 bits per heavy atom. The highest BCUT2D eigenvalue weighted by atomic mass is 16.6. The van der Waals surface area contributed by atoms with E-state index in [0.29, 0.717) is 18.3 Å². The zero-order valence-corrected chi connectivity index (χ0v) is 15.0. The van der Waals surface area contributed by atoms with Crippen LogP contribution in [0.5, 0.6) is 0 Å². The fourth-order valence-corrected chi connectivity index (χ4v) is 4.87. The standard InChI is InChI=1S/C21H27NO3/c1-2-3-4-14-5-6-16-11-15(7-8-18(16)19(14)23)17-9-10-21(12-17)13-25-20(24)22-21/h7-8,11,14,17H,2-6,9-10,12-13H2,1H3,(H,22,24)/t14?,17-,21+/m0/s1. The number of carbonyl (C=O) groups excluding carboxylic acids is 2. The number of ketones is 1. The molecule has 1 unspecified atom stereocenters. The first kappa shape index (κ1) is 16.6. The van der Waals surface area contributed by atoms with Crippen molar-refractivity contribution >= 4 is 11.9 Å². The van der Waals surface area contributed by atoms with Crippen LogP contribution in [0.2, 0.25) is 0 Å². The number of Topliss-reactive ketones (excluding diaryl/α,β-unsaturated/α-hetero) is 1. The molecule has 4 heteroatoms. The van der Waals surface area contributed by atoms with E-state index in [1.807, 2.05) is 0 Å². The van der Waals surface area contributed by atoms with Gasteiger partial charge in [0.15, 0.2) is 5.78 Å². The fraction of sp³-hybridized carbons (Fsp3) is 0.619. The Labute approximate surface area is 149 Å². The monoisotopic (exact) mass is 341 g/mol. The van der Waals surface area contributed by atoms with Crippen molar-refractivity contribution in [2.45, 2.75) is 69.7 Å². The molecule has 1 N–H and O–H groups in total. The van der Waals surface area contributed by atoms with Crippen LogP contribution in [-0.2, 0) is 11.2 Å². The van der Waals surface area contributed by atoms with Gasteiger partial charge in [-0.1, -0.05) is 38.0 Å². The summed E-state index contributed by atoms with van der Waals surface area (Å²) >= 11 is 0. The summed E-state index contributed by atoms with van der Waals surface area (Å²) < 4.78 is 5.13. The van der Waals surface area contributed by atoms with E-state index in [1.165, 1.54) is 11.1 Å². The highest BCUT2D eigenvalue weighted by Gasteiger charge is 2.46. The SMILES string of the molecule is CCCCC1CCc2cc([C@H]3CC[C@]4(COC(=O)N4)C3)ccc2C1=O. The molecule has 0 aromatic heterocycles. The third-order valence-corrected chi connectivity index (χ3v) is 6.36. The summed E-state index contributed by atoms with van der Waals surface area (Å²) in [6, 6.07) is 6.45. The van der Waals surface area contributed by atoms with E-state index in [0.717, 1.165) is 56.9 Å². The molecule has 1 aliphatic heterocycles. The highest BCUT2D eigenvalue weighted by Crippen LogP contribution is 2.43. The molecule has 134 valence electrons. The van der Waals surface area contributed by atoms with Crippen molar-refractivity contribution < 1.29 is 14.3 Å². The number of unbranched alkanes of at least 4 members (excludes halogenated alkanes) is 1. The van der Waals surface area contributed by atoms with Gasteiger partial charge in [-0.3, -0.25) is 4.79 Å². The average molecular weight is 341 g/mol. The normalized spacial score (nSPS) is 31.1. The molecule has 4 rings (SSSR count). The van der Waals surface area contributed by atoms with E-state index >= 15 is 0 Å². The second-order valence-electron chi connectivity index (χ2n) is 8.08. The lowest BCUT2D eigenvalue weighted by Gasteiger charge is -2.25. The number of cyclic esters (lactones) is 1. The molecule has 1 aromatic rings. The molecular weight excluding hydrogens is 314 g/mol. The van der Waals surface area contributed by atoms with Gasteiger partial charge < -0.3 is 10.1 Å². The van der Waals surface area contributed by atoms with Crippen LogP contribution in [0.3, 0.4) is 0 Å². The second-order valence-corrected chi connectivity index (χ2v) is 8.08. The van der Waals surface area contributed by atoms with Crippen LogP contribution in [0.25, 0.3) is 0 Å². The lowest BCUT2D eigenvalue weighted by atomic mass is 9.79. The summed E-state index contributed by atoms with van der Waals surface area (Å²) in [4.78, 5) is 24.1. The molecule has 1 heterocycles. The fourth-order valence-electron chi connectivity index (χ4n) is 4.87. The Hall–Kier alpha value is -1.84. The molecule has 1 spiro atoms. The molecule has 3 atom stereocenters. The number of alkyl carbamates (subject to hydrolysis) is 1. The maximum atomic E-state index is 12.7. The summed E-state index contributed by atoms with van der Waals surface area (Å²) in [5.74, 6) is 1.01. The maximum absolute atomic E-state index is 12.7. The first-order valence-electron chi connectivity index (χ1n) is 9.72. The van der Waals surface area contributed by atoms with Gasteiger partial charge >= 0.3 is 6.09 Å². The summed E-state index contributed by atoms with van der Waals surface area (Å²) in [6.07, 6.45) is 8.02. The lowest BCUT2D eigenvalue weighted by Crippen LogP contribution is -2.40. The van der Waals surface area contributed by atoms with Gasteiger partial charge in [0.05, 0.1) is 5.54 Å². The number of rotatable bonds is 4. The van der Waals surface area contributed by atoms with Crippen LogP contribution in [-0.4, -0.2) is 24.0 Å². The number of ether oxygens (including phenoxy) is 1. The van der Waals surface area contributed by atoms with Crippen LogP contribution in [0.1, 0.15) is 79.3 Å². The molecule has 25 heavy (non-hydrogen) atoms. The lowest BCUT2D eigenvalue weighted by molar-refractivity contribution is 0.0893. The van der Waals surface area contributed by atoms with Gasteiger partial charge in [-0.2, -0.15) is 0 Å². The minimum absolute atomic E-state index is 0.168. The first-order valence-corrected chi connectivity index (χ1v) is 9.72. The Kier molecular flexibility index (Phi) is 4.30. The molecular formula is C21H27NO3. The molecule has 3 aliphatic rings. The van der Waals surface area contributed by atoms with E-state index in [9.17, 15) is 9.59 Å². The predicted molar refractivity (Wildman–Crippen MR) is 95.9 cm³/mol. The van der Waals surface area contributed by atoms with Crippen LogP contribution in [0, 0.1) is 5.92 Å². The van der Waals surface area contributed by atoms with E-state index in [2.05, 4.69) is 30.4 Å². The number of amides is 1. The summed E-state index contributed by atoms with van der Waals surface area (Å²) in [7, 11) is 0. The van der Waals surface area contributed by atoms with Crippen molar-refractivity contribution in [1.82, 2.24) is 5.32 Å². The van der Waals surface area contributed by atoms with E-state index in [1.54, 1.807) is 0 Å². The molecule has 2 aliphatic carbocycles. The molecule has 4 nitrogen and oxygen atoms in total. The third-order valence-electron chi connectivity index (χ3n) is 6.36. The number of aryl methyl sites for hydroxylation is 1. The number of carbonyl (C=O) groups is 2. The molecule has 1 saturated heterocycles. The smallest absolute Gasteiger partial charge is 0.407 e. The molecule has 0 radical (unpaired) electrons. The summed E-state index contributed by atoms with van der Waals surface area (Å²) in [6.45, 7) is 2.67. The molecule has 2 fully saturated rings. The van der Waals surface area contributed by atoms with Gasteiger partial charge in [0, 0.05) is 11.5 Å². The zero-order chi connectivity index (χ0) is 17.4. The maximum Gasteiger partial charge on any atom is 0.407 e. The summed E-state index contributed by atoms with van der Waals surface area (Å²) in [5.41, 5.74) is 3.32. The van der Waals surface area contributed by atoms with E-state index in [-0.39, 0.29) is 17.6 Å². The Morgan fingerprint density at radius 3 is 2.92 bits per heavy atom. The number of hydrogen-bond donors (Lipinski definition) is 1. The highest BCUT2D eigenvalue weighted by molar-refractivity contribution is 6.00. The van der Waals surface area contributed by atoms with Gasteiger partial charge in [-0.15, -0.1) is 0 Å². The third kappa shape index (κ3) is 3.07. The number of hydrogen-bond acceptors (Lipinski definition) is 3. The number of benzene rings is 1. The van der Waals surface area contributed by atoms with Crippen LogP contribution < -0.4 is 5.32 Å². The number of nitrogens with one attached hydrogen (secondary N) is 1. The molecule has 1 amide bonds. The molecule has 1 aromatic carbocycles. The van der Waals surface area contributed by atoms with E-state index in [4.69, 9.17) is 4.74 Å². The van der Waals surface area contributed by atoms with Crippen molar-refractivity contribution in [2.75, 3.05) is 6.61 Å². The van der Waals surface area contributed by atoms with Crippen molar-refractivity contribution in [3.63, 3.8) is 0 Å². The van der Waals surface area contributed by atoms with Gasteiger partial charge in [0.1, 0.15) is 6.61 Å². The minimum Gasteiger partial charge on any atom is -0.447 e. The Bertz CT molecular complexity index is 698. The van der Waals surface area contributed by atoms with Gasteiger partial charge in [0.25, 0.3) is 0 Å². The number of fused-ring (bicyclic) bond motifs is 1. The summed E-state index contributed by atoms with van der Waals surface area (Å²) in [5, 5.41) is 3.01. The van der Waals surface area contributed by atoms with Crippen LogP contribution in [0.4, 0.5) is 4.79 Å². The van der Waals surface area contributed by atoms with Gasteiger partial charge in [0.2, 0.25) is 0 Å².